The van der Waals surface area contributed by atoms with Crippen molar-refractivity contribution in [3.8, 4) is 6.07 Å². The number of anilines is 4. The first-order chi connectivity index (χ1) is 16.4. The predicted molar refractivity (Wildman–Crippen MR) is 124 cm³/mol. The molecule has 8 nitrogen and oxygen atoms in total. The summed E-state index contributed by atoms with van der Waals surface area (Å²) in [7, 11) is 0. The molecule has 3 aromatic rings. The topological polar surface area (TPSA) is 116 Å². The van der Waals surface area contributed by atoms with Gasteiger partial charge >= 0.3 is 0 Å². The van der Waals surface area contributed by atoms with Gasteiger partial charge in [0.05, 0.1) is 35.7 Å². The van der Waals surface area contributed by atoms with E-state index in [1.807, 2.05) is 12.1 Å². The number of carbonyl (C=O) groups is 1. The van der Waals surface area contributed by atoms with Gasteiger partial charge in [0.2, 0.25) is 0 Å². The van der Waals surface area contributed by atoms with Crippen LogP contribution in [-0.4, -0.2) is 37.2 Å². The first-order valence-corrected chi connectivity index (χ1v) is 10.6. The SMILES string of the molecule is N#Cc1cc(Nc2cc(NCc3cc(F)cc(F)c3)c(C(N)=O)cn2)ccc1N1CCOCC1. The summed E-state index contributed by atoms with van der Waals surface area (Å²) in [6.45, 7) is 2.70. The highest BCUT2D eigenvalue weighted by molar-refractivity contribution is 5.98. The van der Waals surface area contributed by atoms with Crippen molar-refractivity contribution in [2.45, 2.75) is 6.54 Å². The summed E-state index contributed by atoms with van der Waals surface area (Å²) in [5.74, 6) is -1.70. The van der Waals surface area contributed by atoms with Crippen LogP contribution in [0.4, 0.5) is 31.7 Å². The van der Waals surface area contributed by atoms with Crippen molar-refractivity contribution in [2.24, 2.45) is 5.73 Å². The molecule has 2 aromatic carbocycles. The van der Waals surface area contributed by atoms with Crippen LogP contribution in [0.25, 0.3) is 0 Å². The fraction of sp³-hybridized carbons (Fsp3) is 0.208. The number of hydrogen-bond acceptors (Lipinski definition) is 7. The van der Waals surface area contributed by atoms with Crippen LogP contribution < -0.4 is 21.3 Å². The number of nitrogens with zero attached hydrogens (tertiary/aromatic N) is 3. The number of ether oxygens (including phenoxy) is 1. The normalized spacial score (nSPS) is 13.3. The molecule has 10 heteroatoms. The van der Waals surface area contributed by atoms with Gasteiger partial charge in [-0.05, 0) is 35.9 Å². The Labute approximate surface area is 195 Å². The third-order valence-corrected chi connectivity index (χ3v) is 5.32. The number of carbonyl (C=O) groups excluding carboxylic acids is 1. The van der Waals surface area contributed by atoms with Gasteiger partial charge in [0.15, 0.2) is 0 Å². The Bertz CT molecular complexity index is 1230. The van der Waals surface area contributed by atoms with E-state index in [2.05, 4.69) is 26.6 Å². The number of nitrogens with two attached hydrogens (primary N) is 1. The van der Waals surface area contributed by atoms with E-state index in [1.54, 1.807) is 12.1 Å². The molecule has 1 aliphatic heterocycles. The van der Waals surface area contributed by atoms with Gasteiger partial charge < -0.3 is 26.0 Å². The Balaban J connectivity index is 1.55. The summed E-state index contributed by atoms with van der Waals surface area (Å²) in [5, 5.41) is 15.7. The van der Waals surface area contributed by atoms with Gasteiger partial charge in [0.1, 0.15) is 23.5 Å². The summed E-state index contributed by atoms with van der Waals surface area (Å²) < 4.78 is 32.3. The predicted octanol–water partition coefficient (Wildman–Crippen LogP) is 3.52. The van der Waals surface area contributed by atoms with Crippen LogP contribution in [0.2, 0.25) is 0 Å². The van der Waals surface area contributed by atoms with Crippen LogP contribution in [-0.2, 0) is 11.3 Å². The van der Waals surface area contributed by atoms with Crippen molar-refractivity contribution in [1.29, 1.82) is 5.26 Å². The maximum Gasteiger partial charge on any atom is 0.252 e. The molecule has 0 atom stereocenters. The Hall–Kier alpha value is -4.23. The minimum absolute atomic E-state index is 0.0608. The minimum Gasteiger partial charge on any atom is -0.380 e. The maximum absolute atomic E-state index is 13.5. The monoisotopic (exact) mass is 464 g/mol. The van der Waals surface area contributed by atoms with Crippen molar-refractivity contribution in [1.82, 2.24) is 4.98 Å². The molecule has 0 bridgehead atoms. The lowest BCUT2D eigenvalue weighted by molar-refractivity contribution is 0.100. The molecule has 0 saturated carbocycles. The van der Waals surface area contributed by atoms with Gasteiger partial charge in [-0.3, -0.25) is 4.79 Å². The Kier molecular flexibility index (Phi) is 6.85. The van der Waals surface area contributed by atoms with E-state index in [4.69, 9.17) is 10.5 Å². The molecule has 2 heterocycles. The molecule has 1 saturated heterocycles. The number of hydrogen-bond donors (Lipinski definition) is 3. The highest BCUT2D eigenvalue weighted by Gasteiger charge is 2.16. The molecule has 0 spiro atoms. The zero-order valence-corrected chi connectivity index (χ0v) is 18.1. The standard InChI is InChI=1S/C24H22F2N6O2/c25-17-7-15(8-18(26)10-17)13-29-21-11-23(30-14-20(21)24(28)33)31-19-1-2-22(16(9-19)12-27)32-3-5-34-6-4-32/h1-2,7-11,14H,3-6,13H2,(H2,28,33)(H2,29,30,31). The number of morpholine rings is 1. The molecule has 1 amide bonds. The zero-order valence-electron chi connectivity index (χ0n) is 18.1. The van der Waals surface area contributed by atoms with E-state index in [-0.39, 0.29) is 12.1 Å². The molecule has 1 aromatic heterocycles. The second kappa shape index (κ2) is 10.1. The molecular weight excluding hydrogens is 442 g/mol. The summed E-state index contributed by atoms with van der Waals surface area (Å²) in [4.78, 5) is 18.2. The Morgan fingerprint density at radius 3 is 2.56 bits per heavy atom. The number of aromatic nitrogens is 1. The molecule has 0 unspecified atom stereocenters. The molecular formula is C24H22F2N6O2. The summed E-state index contributed by atoms with van der Waals surface area (Å²) in [6.07, 6.45) is 1.31. The highest BCUT2D eigenvalue weighted by Crippen LogP contribution is 2.27. The zero-order chi connectivity index (χ0) is 24.1. The first-order valence-electron chi connectivity index (χ1n) is 10.6. The van der Waals surface area contributed by atoms with E-state index in [0.717, 1.165) is 11.8 Å². The molecule has 0 radical (unpaired) electrons. The van der Waals surface area contributed by atoms with Gasteiger partial charge in [-0.1, -0.05) is 0 Å². The number of nitrogens with one attached hydrogen (secondary N) is 2. The summed E-state index contributed by atoms with van der Waals surface area (Å²) >= 11 is 0. The number of halogens is 2. The highest BCUT2D eigenvalue weighted by atomic mass is 19.1. The van der Waals surface area contributed by atoms with Crippen LogP contribution in [0.1, 0.15) is 21.5 Å². The number of nitriles is 1. The fourth-order valence-electron chi connectivity index (χ4n) is 3.71. The molecule has 0 aliphatic carbocycles. The minimum atomic E-state index is -0.700. The largest absolute Gasteiger partial charge is 0.380 e. The quantitative estimate of drug-likeness (QED) is 0.490. The van der Waals surface area contributed by atoms with Gasteiger partial charge in [-0.2, -0.15) is 5.26 Å². The van der Waals surface area contributed by atoms with E-state index in [0.29, 0.717) is 54.6 Å². The molecule has 1 aliphatic rings. The lowest BCUT2D eigenvalue weighted by Crippen LogP contribution is -2.36. The second-order valence-corrected chi connectivity index (χ2v) is 7.68. The average molecular weight is 464 g/mol. The Morgan fingerprint density at radius 1 is 1.15 bits per heavy atom. The third kappa shape index (κ3) is 5.39. The molecule has 34 heavy (non-hydrogen) atoms. The third-order valence-electron chi connectivity index (χ3n) is 5.32. The lowest BCUT2D eigenvalue weighted by Gasteiger charge is -2.29. The molecule has 174 valence electrons. The van der Waals surface area contributed by atoms with Crippen molar-refractivity contribution in [3.63, 3.8) is 0 Å². The number of rotatable bonds is 7. The van der Waals surface area contributed by atoms with Crippen LogP contribution in [0, 0.1) is 23.0 Å². The van der Waals surface area contributed by atoms with Gasteiger partial charge in [-0.15, -0.1) is 0 Å². The van der Waals surface area contributed by atoms with Crippen LogP contribution in [0.5, 0.6) is 0 Å². The van der Waals surface area contributed by atoms with E-state index >= 15 is 0 Å². The summed E-state index contributed by atoms with van der Waals surface area (Å²) in [5.41, 5.74) is 8.25. The second-order valence-electron chi connectivity index (χ2n) is 7.68. The number of pyridine rings is 1. The molecule has 1 fully saturated rings. The lowest BCUT2D eigenvalue weighted by atomic mass is 10.1. The van der Waals surface area contributed by atoms with Gasteiger partial charge in [0.25, 0.3) is 5.91 Å². The molecule has 4 rings (SSSR count). The smallest absolute Gasteiger partial charge is 0.252 e. The summed E-state index contributed by atoms with van der Waals surface area (Å²) in [6, 6.07) is 12.4. The number of primary amides is 1. The Morgan fingerprint density at radius 2 is 1.88 bits per heavy atom. The van der Waals surface area contributed by atoms with Crippen LogP contribution in [0.15, 0.2) is 48.7 Å². The van der Waals surface area contributed by atoms with E-state index in [9.17, 15) is 18.8 Å². The first kappa shape index (κ1) is 22.9. The van der Waals surface area contributed by atoms with Crippen molar-refractivity contribution in [3.05, 3.63) is 77.0 Å². The average Bonchev–Trinajstić information content (AvgIpc) is 2.82. The van der Waals surface area contributed by atoms with Crippen molar-refractivity contribution in [2.75, 3.05) is 41.8 Å². The van der Waals surface area contributed by atoms with Crippen LogP contribution in [0.3, 0.4) is 0 Å². The van der Waals surface area contributed by atoms with Crippen molar-refractivity contribution >= 4 is 28.8 Å². The number of benzene rings is 2. The molecule has 4 N–H and O–H groups in total. The van der Waals surface area contributed by atoms with Gasteiger partial charge in [-0.25, -0.2) is 13.8 Å². The van der Waals surface area contributed by atoms with E-state index < -0.39 is 17.5 Å². The van der Waals surface area contributed by atoms with E-state index in [1.165, 1.54) is 18.3 Å². The van der Waals surface area contributed by atoms with Crippen LogP contribution >= 0.6 is 0 Å². The van der Waals surface area contributed by atoms with Crippen molar-refractivity contribution < 1.29 is 18.3 Å². The van der Waals surface area contributed by atoms with Gasteiger partial charge in [0, 0.05) is 43.7 Å². The fourth-order valence-corrected chi connectivity index (χ4v) is 3.71. The maximum atomic E-state index is 13.5. The number of amides is 1.